The van der Waals surface area contributed by atoms with E-state index in [9.17, 15) is 26.3 Å². The van der Waals surface area contributed by atoms with Gasteiger partial charge in [-0.05, 0) is 83.8 Å². The highest BCUT2D eigenvalue weighted by molar-refractivity contribution is 5.71. The summed E-state index contributed by atoms with van der Waals surface area (Å²) < 4.78 is 89.5. The number of rotatable bonds is 10. The van der Waals surface area contributed by atoms with Crippen LogP contribution in [0.3, 0.4) is 0 Å². The van der Waals surface area contributed by atoms with Crippen LogP contribution in [0.1, 0.15) is 17.5 Å². The number of nitrogens with one attached hydrogen (secondary N) is 1. The van der Waals surface area contributed by atoms with Crippen LogP contribution >= 0.6 is 0 Å². The molecule has 0 bridgehead atoms. The van der Waals surface area contributed by atoms with Crippen molar-refractivity contribution in [2.75, 3.05) is 6.54 Å². The van der Waals surface area contributed by atoms with E-state index in [4.69, 9.17) is 15.9 Å². The van der Waals surface area contributed by atoms with E-state index in [0.717, 1.165) is 11.6 Å². The molecule has 4 rings (SSSR count). The first kappa shape index (κ1) is 27.9. The third-order valence-corrected chi connectivity index (χ3v) is 6.33. The number of ether oxygens (including phenoxy) is 1. The molecule has 0 aromatic heterocycles. The standard InChI is InChI=1S/C30H24F6N2O/c31-26-13-21(7-12-25(26)22-14-27(32)29(34)28(33)15-22)20-5-10-24(11-6-20)39-30(35,36)23-8-3-18(4-9-23)1-2-19(16-37)17-38/h3-16,19,37H,1-2,17,38H2. The van der Waals surface area contributed by atoms with Crippen molar-refractivity contribution in [1.29, 1.82) is 5.41 Å². The second-order valence-electron chi connectivity index (χ2n) is 8.99. The van der Waals surface area contributed by atoms with Crippen LogP contribution in [0.5, 0.6) is 5.75 Å². The van der Waals surface area contributed by atoms with E-state index in [2.05, 4.69) is 0 Å². The SMILES string of the molecule is N=CC(CN)CCc1ccc(C(F)(F)Oc2ccc(-c3ccc(-c4cc(F)c(F)c(F)c4)c(F)c3)cc2)cc1. The number of hydrogen-bond acceptors (Lipinski definition) is 3. The first-order chi connectivity index (χ1) is 18.6. The molecule has 0 radical (unpaired) electrons. The largest absolute Gasteiger partial charge is 0.429 e. The molecule has 0 saturated carbocycles. The average molecular weight is 543 g/mol. The summed E-state index contributed by atoms with van der Waals surface area (Å²) in [6.45, 7) is 0.352. The molecule has 0 aliphatic heterocycles. The monoisotopic (exact) mass is 542 g/mol. The quantitative estimate of drug-likeness (QED) is 0.122. The number of hydrogen-bond donors (Lipinski definition) is 2. The lowest BCUT2D eigenvalue weighted by Crippen LogP contribution is -2.21. The first-order valence-corrected chi connectivity index (χ1v) is 12.0. The van der Waals surface area contributed by atoms with Gasteiger partial charge in [-0.1, -0.05) is 36.4 Å². The molecule has 0 aliphatic carbocycles. The molecule has 0 aliphatic rings. The molecule has 0 spiro atoms. The molecule has 3 N–H and O–H groups in total. The second-order valence-corrected chi connectivity index (χ2v) is 8.99. The Morgan fingerprint density at radius 1 is 0.769 bits per heavy atom. The molecule has 4 aromatic rings. The molecule has 9 heteroatoms. The van der Waals surface area contributed by atoms with Crippen molar-refractivity contribution < 1.29 is 31.1 Å². The van der Waals surface area contributed by atoms with Crippen LogP contribution in [0.25, 0.3) is 22.3 Å². The zero-order valence-electron chi connectivity index (χ0n) is 20.5. The lowest BCUT2D eigenvalue weighted by Gasteiger charge is -2.19. The van der Waals surface area contributed by atoms with E-state index in [1.54, 1.807) is 12.1 Å². The van der Waals surface area contributed by atoms with Crippen LogP contribution < -0.4 is 10.5 Å². The van der Waals surface area contributed by atoms with Crippen molar-refractivity contribution in [3.63, 3.8) is 0 Å². The molecule has 0 fully saturated rings. The van der Waals surface area contributed by atoms with Crippen molar-refractivity contribution in [2.45, 2.75) is 19.0 Å². The Balaban J connectivity index is 1.45. The van der Waals surface area contributed by atoms with Crippen LogP contribution in [0.15, 0.2) is 78.9 Å². The van der Waals surface area contributed by atoms with Crippen LogP contribution in [0.2, 0.25) is 0 Å². The average Bonchev–Trinajstić information content (AvgIpc) is 2.92. The predicted octanol–water partition coefficient (Wildman–Crippen LogP) is 7.86. The van der Waals surface area contributed by atoms with Gasteiger partial charge < -0.3 is 15.9 Å². The van der Waals surface area contributed by atoms with Crippen molar-refractivity contribution in [2.24, 2.45) is 11.7 Å². The van der Waals surface area contributed by atoms with Crippen LogP contribution in [0.4, 0.5) is 26.3 Å². The highest BCUT2D eigenvalue weighted by Crippen LogP contribution is 2.34. The Labute approximate surface area is 221 Å². The van der Waals surface area contributed by atoms with Gasteiger partial charge in [-0.15, -0.1) is 0 Å². The van der Waals surface area contributed by atoms with Gasteiger partial charge in [0.1, 0.15) is 11.6 Å². The lowest BCUT2D eigenvalue weighted by molar-refractivity contribution is -0.185. The summed E-state index contributed by atoms with van der Waals surface area (Å²) in [5.74, 6) is -5.48. The van der Waals surface area contributed by atoms with Gasteiger partial charge in [-0.3, -0.25) is 0 Å². The zero-order chi connectivity index (χ0) is 28.2. The Bertz CT molecular complexity index is 1430. The van der Waals surface area contributed by atoms with Gasteiger partial charge in [0.05, 0.1) is 5.56 Å². The van der Waals surface area contributed by atoms with Crippen molar-refractivity contribution in [3.05, 3.63) is 113 Å². The molecule has 1 atom stereocenters. The highest BCUT2D eigenvalue weighted by Gasteiger charge is 2.34. The second kappa shape index (κ2) is 11.7. The molecule has 39 heavy (non-hydrogen) atoms. The summed E-state index contributed by atoms with van der Waals surface area (Å²) in [5.41, 5.74) is 6.66. The fourth-order valence-electron chi connectivity index (χ4n) is 4.05. The summed E-state index contributed by atoms with van der Waals surface area (Å²) in [6, 6.07) is 16.6. The lowest BCUT2D eigenvalue weighted by atomic mass is 9.99. The maximum atomic E-state index is 14.8. The fraction of sp³-hybridized carbons (Fsp3) is 0.167. The molecule has 202 valence electrons. The minimum Gasteiger partial charge on any atom is -0.429 e. The molecular formula is C30H24F6N2O. The maximum Gasteiger partial charge on any atom is 0.426 e. The maximum absolute atomic E-state index is 14.8. The Kier molecular flexibility index (Phi) is 8.40. The number of benzene rings is 4. The predicted molar refractivity (Wildman–Crippen MR) is 138 cm³/mol. The van der Waals surface area contributed by atoms with Crippen molar-refractivity contribution >= 4 is 6.21 Å². The van der Waals surface area contributed by atoms with Crippen molar-refractivity contribution in [3.8, 4) is 28.0 Å². The Morgan fingerprint density at radius 3 is 1.92 bits per heavy atom. The van der Waals surface area contributed by atoms with E-state index in [0.29, 0.717) is 42.6 Å². The van der Waals surface area contributed by atoms with Gasteiger partial charge in [0.15, 0.2) is 17.5 Å². The van der Waals surface area contributed by atoms with Crippen LogP contribution in [-0.2, 0) is 12.5 Å². The van der Waals surface area contributed by atoms with E-state index in [1.165, 1.54) is 54.7 Å². The number of nitrogens with two attached hydrogens (primary N) is 1. The highest BCUT2D eigenvalue weighted by atomic mass is 19.3. The van der Waals surface area contributed by atoms with Gasteiger partial charge in [0, 0.05) is 18.0 Å². The Hall–Kier alpha value is -4.11. The Morgan fingerprint density at radius 2 is 1.36 bits per heavy atom. The molecular weight excluding hydrogens is 518 g/mol. The topological polar surface area (TPSA) is 59.1 Å². The summed E-state index contributed by atoms with van der Waals surface area (Å²) in [6.07, 6.45) is -1.08. The van der Waals surface area contributed by atoms with Gasteiger partial charge in [-0.2, -0.15) is 8.78 Å². The molecule has 0 saturated heterocycles. The van der Waals surface area contributed by atoms with Gasteiger partial charge in [-0.25, -0.2) is 17.6 Å². The smallest absolute Gasteiger partial charge is 0.426 e. The summed E-state index contributed by atoms with van der Waals surface area (Å²) in [5, 5.41) is 7.31. The molecule has 0 heterocycles. The minimum absolute atomic E-state index is 0.0594. The summed E-state index contributed by atoms with van der Waals surface area (Å²) in [4.78, 5) is 0. The van der Waals surface area contributed by atoms with E-state index in [-0.39, 0.29) is 28.4 Å². The van der Waals surface area contributed by atoms with E-state index in [1.807, 2.05) is 0 Å². The zero-order valence-corrected chi connectivity index (χ0v) is 20.5. The van der Waals surface area contributed by atoms with Crippen LogP contribution in [-0.4, -0.2) is 12.8 Å². The summed E-state index contributed by atoms with van der Waals surface area (Å²) in [7, 11) is 0. The number of aryl methyl sites for hydroxylation is 1. The molecule has 1 unspecified atom stereocenters. The summed E-state index contributed by atoms with van der Waals surface area (Å²) >= 11 is 0. The molecule has 3 nitrogen and oxygen atoms in total. The third kappa shape index (κ3) is 6.49. The minimum atomic E-state index is -3.61. The molecule has 0 amide bonds. The number of halogens is 6. The fourth-order valence-corrected chi connectivity index (χ4v) is 4.05. The first-order valence-electron chi connectivity index (χ1n) is 12.0. The van der Waals surface area contributed by atoms with Gasteiger partial charge in [0.25, 0.3) is 0 Å². The normalized spacial score (nSPS) is 12.3. The molecule has 4 aromatic carbocycles. The van der Waals surface area contributed by atoms with Crippen LogP contribution in [0, 0.1) is 34.6 Å². The third-order valence-electron chi connectivity index (χ3n) is 6.33. The van der Waals surface area contributed by atoms with Crippen molar-refractivity contribution in [1.82, 2.24) is 0 Å². The van der Waals surface area contributed by atoms with Gasteiger partial charge >= 0.3 is 6.11 Å². The number of alkyl halides is 2. The van der Waals surface area contributed by atoms with E-state index >= 15 is 0 Å². The van der Waals surface area contributed by atoms with Gasteiger partial charge in [0.2, 0.25) is 0 Å². The van der Waals surface area contributed by atoms with E-state index < -0.39 is 29.4 Å².